The minimum atomic E-state index is 0.0918. The van der Waals surface area contributed by atoms with Crippen LogP contribution in [0.25, 0.3) is 0 Å². The molecule has 17 heavy (non-hydrogen) atoms. The van der Waals surface area contributed by atoms with Crippen LogP contribution in [-0.2, 0) is 0 Å². The van der Waals surface area contributed by atoms with E-state index in [1.165, 1.54) is 12.2 Å². The topological polar surface area (TPSA) is 53.1 Å². The van der Waals surface area contributed by atoms with E-state index in [1.807, 2.05) is 23.9 Å². The zero-order valence-electron chi connectivity index (χ0n) is 9.74. The zero-order valence-corrected chi connectivity index (χ0v) is 11.3. The van der Waals surface area contributed by atoms with Crippen LogP contribution in [0.4, 0.5) is 5.69 Å². The molecule has 1 fully saturated rings. The maximum Gasteiger partial charge on any atom is 0.124 e. The number of nitrogens with zero attached hydrogens (tertiary/aromatic N) is 1. The Hall–Kier alpha value is -0.870. The quantitative estimate of drug-likeness (QED) is 0.655. The fourth-order valence-electron chi connectivity index (χ4n) is 2.05. The third-order valence-corrected chi connectivity index (χ3v) is 4.46. The Bertz CT molecular complexity index is 430. The van der Waals surface area contributed by atoms with E-state index in [0.717, 1.165) is 17.0 Å². The number of benzene rings is 1. The number of anilines is 1. The molecule has 1 aromatic carbocycles. The maximum absolute atomic E-state index is 7.61. The van der Waals surface area contributed by atoms with Gasteiger partial charge in [0.1, 0.15) is 5.84 Å². The van der Waals surface area contributed by atoms with Crippen LogP contribution >= 0.6 is 23.4 Å². The molecule has 1 aromatic rings. The summed E-state index contributed by atoms with van der Waals surface area (Å²) in [4.78, 5) is 2.20. The summed E-state index contributed by atoms with van der Waals surface area (Å²) in [5, 5.41) is 8.30. The highest BCUT2D eigenvalue weighted by Crippen LogP contribution is 2.30. The number of hydrogen-bond donors (Lipinski definition) is 2. The Labute approximate surface area is 111 Å². The molecule has 0 aromatic heterocycles. The minimum absolute atomic E-state index is 0.0918. The summed E-state index contributed by atoms with van der Waals surface area (Å²) in [5.41, 5.74) is 7.32. The lowest BCUT2D eigenvalue weighted by molar-refractivity contribution is 0.699. The summed E-state index contributed by atoms with van der Waals surface area (Å²) in [6.07, 6.45) is 1.17. The fourth-order valence-corrected chi connectivity index (χ4v) is 3.48. The van der Waals surface area contributed by atoms with Gasteiger partial charge in [-0.05, 0) is 30.4 Å². The van der Waals surface area contributed by atoms with Crippen molar-refractivity contribution in [3.05, 3.63) is 28.8 Å². The van der Waals surface area contributed by atoms with Gasteiger partial charge >= 0.3 is 0 Å². The van der Waals surface area contributed by atoms with Crippen LogP contribution in [0.5, 0.6) is 0 Å². The Morgan fingerprint density at radius 2 is 2.35 bits per heavy atom. The molecule has 1 heterocycles. The summed E-state index contributed by atoms with van der Waals surface area (Å²) in [7, 11) is 2.05. The van der Waals surface area contributed by atoms with Gasteiger partial charge in [-0.25, -0.2) is 0 Å². The Morgan fingerprint density at radius 3 is 2.94 bits per heavy atom. The molecule has 92 valence electrons. The predicted molar refractivity (Wildman–Crippen MR) is 76.6 cm³/mol. The van der Waals surface area contributed by atoms with E-state index in [1.54, 1.807) is 6.07 Å². The van der Waals surface area contributed by atoms with Crippen LogP contribution in [0.1, 0.15) is 12.0 Å². The van der Waals surface area contributed by atoms with Gasteiger partial charge in [0, 0.05) is 35.1 Å². The molecule has 0 saturated carbocycles. The summed E-state index contributed by atoms with van der Waals surface area (Å²) >= 11 is 7.99. The lowest BCUT2D eigenvalue weighted by Crippen LogP contribution is -2.33. The lowest BCUT2D eigenvalue weighted by atomic mass is 10.1. The summed E-state index contributed by atoms with van der Waals surface area (Å²) in [5.74, 6) is 2.42. The number of hydrogen-bond acceptors (Lipinski definition) is 3. The number of halogens is 1. The van der Waals surface area contributed by atoms with Crippen molar-refractivity contribution in [3.63, 3.8) is 0 Å². The highest BCUT2D eigenvalue weighted by molar-refractivity contribution is 7.99. The van der Waals surface area contributed by atoms with Gasteiger partial charge in [-0.3, -0.25) is 5.41 Å². The van der Waals surface area contributed by atoms with Gasteiger partial charge in [-0.15, -0.1) is 0 Å². The molecule has 0 amide bonds. The first kappa shape index (κ1) is 12.6. The number of rotatable bonds is 3. The second kappa shape index (κ2) is 5.19. The van der Waals surface area contributed by atoms with Crippen LogP contribution in [0, 0.1) is 5.41 Å². The second-order valence-corrected chi connectivity index (χ2v) is 5.79. The van der Waals surface area contributed by atoms with Crippen molar-refractivity contribution in [2.75, 3.05) is 23.5 Å². The molecule has 1 saturated heterocycles. The third kappa shape index (κ3) is 2.69. The van der Waals surface area contributed by atoms with Gasteiger partial charge in [-0.2, -0.15) is 11.8 Å². The van der Waals surface area contributed by atoms with E-state index in [4.69, 9.17) is 22.7 Å². The number of nitrogens with two attached hydrogens (primary N) is 1. The highest BCUT2D eigenvalue weighted by Gasteiger charge is 2.22. The molecule has 0 spiro atoms. The minimum Gasteiger partial charge on any atom is -0.384 e. The first-order valence-electron chi connectivity index (χ1n) is 5.54. The lowest BCUT2D eigenvalue weighted by Gasteiger charge is -2.28. The molecule has 5 heteroatoms. The second-order valence-electron chi connectivity index (χ2n) is 4.20. The van der Waals surface area contributed by atoms with Crippen molar-refractivity contribution in [3.8, 4) is 0 Å². The SMILES string of the molecule is CN(c1cc(Cl)ccc1C(=N)N)C1CCSC1. The van der Waals surface area contributed by atoms with E-state index in [0.29, 0.717) is 11.1 Å². The number of nitrogen functional groups attached to an aromatic ring is 1. The van der Waals surface area contributed by atoms with Crippen LogP contribution in [0.15, 0.2) is 18.2 Å². The van der Waals surface area contributed by atoms with Crippen LogP contribution < -0.4 is 10.6 Å². The van der Waals surface area contributed by atoms with Crippen LogP contribution in [0.3, 0.4) is 0 Å². The average Bonchev–Trinajstić information content (AvgIpc) is 2.80. The van der Waals surface area contributed by atoms with Gasteiger partial charge in [-0.1, -0.05) is 11.6 Å². The Morgan fingerprint density at radius 1 is 1.59 bits per heavy atom. The first-order chi connectivity index (χ1) is 8.09. The maximum atomic E-state index is 7.61. The molecular formula is C12H16ClN3S. The summed E-state index contributed by atoms with van der Waals surface area (Å²) in [6.45, 7) is 0. The van der Waals surface area contributed by atoms with Crippen LogP contribution in [-0.4, -0.2) is 30.4 Å². The van der Waals surface area contributed by atoms with E-state index in [2.05, 4.69) is 11.9 Å². The van der Waals surface area contributed by atoms with Gasteiger partial charge < -0.3 is 10.6 Å². The van der Waals surface area contributed by atoms with Gasteiger partial charge in [0.15, 0.2) is 0 Å². The van der Waals surface area contributed by atoms with E-state index >= 15 is 0 Å². The molecule has 1 atom stereocenters. The molecule has 1 unspecified atom stereocenters. The molecule has 3 N–H and O–H groups in total. The molecule has 0 bridgehead atoms. The summed E-state index contributed by atoms with van der Waals surface area (Å²) in [6, 6.07) is 6.00. The number of nitrogens with one attached hydrogen (secondary N) is 1. The highest BCUT2D eigenvalue weighted by atomic mass is 35.5. The summed E-state index contributed by atoms with van der Waals surface area (Å²) < 4.78 is 0. The van der Waals surface area contributed by atoms with Crippen LogP contribution in [0.2, 0.25) is 5.02 Å². The average molecular weight is 270 g/mol. The first-order valence-corrected chi connectivity index (χ1v) is 7.07. The van der Waals surface area contributed by atoms with Crippen molar-refractivity contribution in [2.24, 2.45) is 5.73 Å². The van der Waals surface area contributed by atoms with Gasteiger partial charge in [0.25, 0.3) is 0 Å². The smallest absolute Gasteiger partial charge is 0.124 e. The molecule has 1 aliphatic heterocycles. The molecule has 0 radical (unpaired) electrons. The van der Waals surface area contributed by atoms with Crippen molar-refractivity contribution < 1.29 is 0 Å². The van der Waals surface area contributed by atoms with Crippen molar-refractivity contribution in [1.82, 2.24) is 0 Å². The van der Waals surface area contributed by atoms with E-state index in [9.17, 15) is 0 Å². The number of thioether (sulfide) groups is 1. The molecular weight excluding hydrogens is 254 g/mol. The van der Waals surface area contributed by atoms with E-state index < -0.39 is 0 Å². The van der Waals surface area contributed by atoms with Gasteiger partial charge in [0.2, 0.25) is 0 Å². The Balaban J connectivity index is 2.34. The largest absolute Gasteiger partial charge is 0.384 e. The van der Waals surface area contributed by atoms with Gasteiger partial charge in [0.05, 0.1) is 0 Å². The fraction of sp³-hybridized carbons (Fsp3) is 0.417. The normalized spacial score (nSPS) is 19.3. The monoisotopic (exact) mass is 269 g/mol. The Kier molecular flexibility index (Phi) is 3.84. The predicted octanol–water partition coefficient (Wildman–Crippen LogP) is 2.57. The van der Waals surface area contributed by atoms with Crippen molar-refractivity contribution >= 4 is 34.9 Å². The standard InChI is InChI=1S/C12H16ClN3S/c1-16(9-4-5-17-7-9)11-6-8(13)2-3-10(11)12(14)15/h2-3,6,9H,4-5,7H2,1H3,(H3,14,15). The molecule has 3 nitrogen and oxygen atoms in total. The van der Waals surface area contributed by atoms with Crippen molar-refractivity contribution in [2.45, 2.75) is 12.5 Å². The van der Waals surface area contributed by atoms with Crippen molar-refractivity contribution in [1.29, 1.82) is 5.41 Å². The van der Waals surface area contributed by atoms with E-state index in [-0.39, 0.29) is 5.84 Å². The number of amidine groups is 1. The zero-order chi connectivity index (χ0) is 12.4. The molecule has 2 rings (SSSR count). The molecule has 0 aliphatic carbocycles. The third-order valence-electron chi connectivity index (χ3n) is 3.08. The molecule has 1 aliphatic rings.